The Morgan fingerprint density at radius 1 is 1.30 bits per heavy atom. The van der Waals surface area contributed by atoms with Crippen LogP contribution in [0.5, 0.6) is 0 Å². The minimum atomic E-state index is -4.05. The SMILES string of the molecule is O=S(=O)(/C=C/c1cc(Br)cs1)/N=C(\[O-])c1ccc(Cl)cc1Cl.[Na+]. The van der Waals surface area contributed by atoms with Crippen molar-refractivity contribution in [1.29, 1.82) is 0 Å². The van der Waals surface area contributed by atoms with E-state index in [-0.39, 0.29) is 40.1 Å². The van der Waals surface area contributed by atoms with E-state index in [2.05, 4.69) is 20.3 Å². The fourth-order valence-corrected chi connectivity index (χ4v) is 4.05. The molecule has 23 heavy (non-hydrogen) atoms. The van der Waals surface area contributed by atoms with Crippen molar-refractivity contribution in [3.63, 3.8) is 0 Å². The Balaban J connectivity index is 0.00000264. The summed E-state index contributed by atoms with van der Waals surface area (Å²) >= 11 is 16.2. The van der Waals surface area contributed by atoms with Gasteiger partial charge in [-0.15, -0.1) is 11.3 Å². The molecule has 1 heterocycles. The number of hydrogen-bond acceptors (Lipinski definition) is 4. The van der Waals surface area contributed by atoms with E-state index in [1.165, 1.54) is 35.6 Å². The molecule has 2 aromatic rings. The van der Waals surface area contributed by atoms with Gasteiger partial charge < -0.3 is 5.11 Å². The van der Waals surface area contributed by atoms with Crippen molar-refractivity contribution in [3.8, 4) is 0 Å². The second-order valence-corrected chi connectivity index (χ2v) is 8.19. The molecule has 10 heteroatoms. The van der Waals surface area contributed by atoms with E-state index >= 15 is 0 Å². The first-order valence-electron chi connectivity index (χ1n) is 5.66. The van der Waals surface area contributed by atoms with Crippen molar-refractivity contribution < 1.29 is 43.1 Å². The summed E-state index contributed by atoms with van der Waals surface area (Å²) in [6, 6.07) is 5.85. The molecule has 0 saturated heterocycles. The quantitative estimate of drug-likeness (QED) is 0.385. The normalized spacial score (nSPS) is 12.4. The average molecular weight is 463 g/mol. The number of halogens is 3. The van der Waals surface area contributed by atoms with E-state index < -0.39 is 15.9 Å². The van der Waals surface area contributed by atoms with E-state index in [0.717, 1.165) is 9.88 Å². The molecule has 0 aliphatic rings. The molecule has 0 radical (unpaired) electrons. The van der Waals surface area contributed by atoms with Crippen LogP contribution in [-0.2, 0) is 10.0 Å². The van der Waals surface area contributed by atoms with Crippen LogP contribution in [0, 0.1) is 0 Å². The molecule has 0 N–H and O–H groups in total. The van der Waals surface area contributed by atoms with E-state index in [1.807, 2.05) is 5.38 Å². The molecule has 0 amide bonds. The minimum Gasteiger partial charge on any atom is -0.858 e. The third-order valence-corrected chi connectivity index (χ3v) is 5.47. The van der Waals surface area contributed by atoms with Crippen LogP contribution in [0.3, 0.4) is 0 Å². The van der Waals surface area contributed by atoms with Gasteiger partial charge in [-0.25, -0.2) is 0 Å². The Labute approximate surface area is 178 Å². The van der Waals surface area contributed by atoms with Gasteiger partial charge in [0.25, 0.3) is 10.0 Å². The number of thiophene rings is 1. The Kier molecular flexibility index (Phi) is 8.30. The molecular formula is C13H7BrCl2NNaO3S2. The van der Waals surface area contributed by atoms with Crippen LogP contribution in [0.25, 0.3) is 6.08 Å². The maximum Gasteiger partial charge on any atom is 1.00 e. The Bertz CT molecular complexity index is 866. The summed E-state index contributed by atoms with van der Waals surface area (Å²) < 4.78 is 27.7. The van der Waals surface area contributed by atoms with E-state index in [4.69, 9.17) is 23.2 Å². The van der Waals surface area contributed by atoms with Gasteiger partial charge in [0.2, 0.25) is 0 Å². The zero-order valence-electron chi connectivity index (χ0n) is 11.7. The topological polar surface area (TPSA) is 69.6 Å². The van der Waals surface area contributed by atoms with Crippen molar-refractivity contribution in [2.45, 2.75) is 0 Å². The van der Waals surface area contributed by atoms with Crippen LogP contribution < -0.4 is 34.7 Å². The molecule has 0 aliphatic heterocycles. The molecule has 0 unspecified atom stereocenters. The first kappa shape index (κ1) is 21.2. The number of nitrogens with zero attached hydrogens (tertiary/aromatic N) is 1. The Hall–Kier alpha value is 0.140. The average Bonchev–Trinajstić information content (AvgIpc) is 2.81. The molecule has 1 aromatic heterocycles. The third-order valence-electron chi connectivity index (χ3n) is 2.36. The molecule has 1 aromatic carbocycles. The number of benzene rings is 1. The van der Waals surface area contributed by atoms with Crippen LogP contribution in [0.15, 0.2) is 43.9 Å². The number of hydrogen-bond donors (Lipinski definition) is 0. The summed E-state index contributed by atoms with van der Waals surface area (Å²) in [6.45, 7) is 0. The van der Waals surface area contributed by atoms with Gasteiger partial charge in [-0.05, 0) is 40.2 Å². The van der Waals surface area contributed by atoms with Crippen LogP contribution in [0.4, 0.5) is 0 Å². The van der Waals surface area contributed by atoms with Crippen LogP contribution in [0.2, 0.25) is 10.0 Å². The van der Waals surface area contributed by atoms with Gasteiger partial charge in [0.05, 0.1) is 10.4 Å². The fourth-order valence-electron chi connectivity index (χ4n) is 1.43. The van der Waals surface area contributed by atoms with Crippen LogP contribution in [0.1, 0.15) is 10.4 Å². The van der Waals surface area contributed by atoms with E-state index in [0.29, 0.717) is 9.90 Å². The van der Waals surface area contributed by atoms with Gasteiger partial charge in [0.1, 0.15) is 0 Å². The summed E-state index contributed by atoms with van der Waals surface area (Å²) in [6.07, 6.45) is 1.37. The molecule has 4 nitrogen and oxygen atoms in total. The molecule has 2 rings (SSSR count). The Morgan fingerprint density at radius 2 is 2.00 bits per heavy atom. The van der Waals surface area contributed by atoms with Gasteiger partial charge >= 0.3 is 29.6 Å². The number of sulfonamides is 1. The standard InChI is InChI=1S/C13H8BrCl2NO3S2.Na/c14-8-5-10(21-7-8)3-4-22(19,20)17-13(18)11-2-1-9(15)6-12(11)16;/h1-7H,(H,17,18);/q;+1/p-1/b4-3+;. The van der Waals surface area contributed by atoms with Crippen molar-refractivity contribution in [2.75, 3.05) is 0 Å². The smallest absolute Gasteiger partial charge is 0.858 e. The van der Waals surface area contributed by atoms with Crippen molar-refractivity contribution >= 4 is 72.5 Å². The fraction of sp³-hybridized carbons (Fsp3) is 0. The zero-order valence-corrected chi connectivity index (χ0v) is 18.4. The second-order valence-electron chi connectivity index (χ2n) is 4.01. The molecule has 0 spiro atoms. The minimum absolute atomic E-state index is 0. The van der Waals surface area contributed by atoms with Crippen molar-refractivity contribution in [2.24, 2.45) is 4.40 Å². The Morgan fingerprint density at radius 3 is 2.57 bits per heavy atom. The maximum atomic E-state index is 11.9. The molecule has 0 saturated carbocycles. The van der Waals surface area contributed by atoms with Crippen LogP contribution >= 0.6 is 50.5 Å². The predicted octanol–water partition coefficient (Wildman–Crippen LogP) is 0.929. The van der Waals surface area contributed by atoms with Crippen molar-refractivity contribution in [3.05, 3.63) is 60.0 Å². The predicted molar refractivity (Wildman–Crippen MR) is 93.0 cm³/mol. The summed E-state index contributed by atoms with van der Waals surface area (Å²) in [4.78, 5) is 0.711. The van der Waals surface area contributed by atoms with E-state index in [9.17, 15) is 13.5 Å². The maximum absolute atomic E-state index is 11.9. The van der Waals surface area contributed by atoms with Gasteiger partial charge in [0, 0.05) is 31.2 Å². The summed E-state index contributed by atoms with van der Waals surface area (Å²) in [5, 5.41) is 15.0. The van der Waals surface area contributed by atoms with Gasteiger partial charge in [-0.1, -0.05) is 29.3 Å². The van der Waals surface area contributed by atoms with E-state index in [1.54, 1.807) is 6.07 Å². The molecule has 0 aliphatic carbocycles. The molecule has 116 valence electrons. The molecule has 0 bridgehead atoms. The summed E-state index contributed by atoms with van der Waals surface area (Å²) in [5.74, 6) is -0.946. The first-order chi connectivity index (χ1) is 10.3. The summed E-state index contributed by atoms with van der Waals surface area (Å²) in [5.41, 5.74) is -0.0260. The molecular weight excluding hydrogens is 456 g/mol. The second kappa shape index (κ2) is 9.01. The zero-order chi connectivity index (χ0) is 16.3. The molecule has 0 fully saturated rings. The number of rotatable bonds is 4. The third kappa shape index (κ3) is 6.51. The van der Waals surface area contributed by atoms with Crippen molar-refractivity contribution in [1.82, 2.24) is 0 Å². The largest absolute Gasteiger partial charge is 1.00 e. The first-order valence-corrected chi connectivity index (χ1v) is 9.59. The summed E-state index contributed by atoms with van der Waals surface area (Å²) in [7, 11) is -4.05. The van der Waals surface area contributed by atoms with Gasteiger partial charge in [0.15, 0.2) is 0 Å². The molecule has 0 atom stereocenters. The van der Waals surface area contributed by atoms with Gasteiger partial charge in [-0.2, -0.15) is 12.8 Å². The van der Waals surface area contributed by atoms with Gasteiger partial charge in [-0.3, -0.25) is 0 Å². The monoisotopic (exact) mass is 461 g/mol. The van der Waals surface area contributed by atoms with Crippen LogP contribution in [-0.4, -0.2) is 14.3 Å².